The van der Waals surface area contributed by atoms with Gasteiger partial charge in [0.1, 0.15) is 0 Å². The van der Waals surface area contributed by atoms with Crippen LogP contribution in [0.15, 0.2) is 55.1 Å². The molecule has 0 aliphatic carbocycles. The average molecular weight is 410 g/mol. The summed E-state index contributed by atoms with van der Waals surface area (Å²) in [7, 11) is 0. The minimum atomic E-state index is -0.426. The van der Waals surface area contributed by atoms with Crippen molar-refractivity contribution in [3.05, 3.63) is 76.4 Å². The van der Waals surface area contributed by atoms with Gasteiger partial charge in [-0.05, 0) is 19.1 Å². The Balaban J connectivity index is 1.40. The molecular formula is C22H28N5O3+. The second kappa shape index (κ2) is 9.89. The lowest BCUT2D eigenvalue weighted by Crippen LogP contribution is -3.15. The van der Waals surface area contributed by atoms with E-state index in [1.54, 1.807) is 19.1 Å². The number of hydrogen-bond donors (Lipinski definition) is 3. The summed E-state index contributed by atoms with van der Waals surface area (Å²) in [5.74, 6) is -0.129. The maximum absolute atomic E-state index is 12.2. The number of hydrazine groups is 1. The lowest BCUT2D eigenvalue weighted by atomic mass is 10.1. The topological polar surface area (TPSA) is 91.9 Å². The number of carbonyl (C=O) groups is 1. The van der Waals surface area contributed by atoms with Crippen LogP contribution in [0.5, 0.6) is 0 Å². The number of carbonyl (C=O) groups excluding carboxylic acids is 1. The molecule has 2 aromatic carbocycles. The molecule has 0 bridgehead atoms. The fourth-order valence-corrected chi connectivity index (χ4v) is 3.53. The Morgan fingerprint density at radius 3 is 2.53 bits per heavy atom. The number of anilines is 1. The Labute approximate surface area is 176 Å². The normalized spacial score (nSPS) is 14.2. The van der Waals surface area contributed by atoms with Gasteiger partial charge in [-0.1, -0.05) is 36.9 Å². The van der Waals surface area contributed by atoms with Gasteiger partial charge in [0.25, 0.3) is 5.69 Å². The van der Waals surface area contributed by atoms with Crippen molar-refractivity contribution in [1.29, 1.82) is 0 Å². The monoisotopic (exact) mass is 410 g/mol. The zero-order chi connectivity index (χ0) is 21.5. The molecule has 8 heteroatoms. The molecule has 158 valence electrons. The van der Waals surface area contributed by atoms with Crippen LogP contribution >= 0.6 is 0 Å². The Morgan fingerprint density at radius 1 is 1.17 bits per heavy atom. The van der Waals surface area contributed by atoms with Crippen molar-refractivity contribution in [2.75, 3.05) is 37.6 Å². The summed E-state index contributed by atoms with van der Waals surface area (Å²) >= 11 is 0. The van der Waals surface area contributed by atoms with Gasteiger partial charge >= 0.3 is 0 Å². The van der Waals surface area contributed by atoms with Crippen LogP contribution < -0.4 is 20.7 Å². The molecule has 3 rings (SSSR count). The van der Waals surface area contributed by atoms with E-state index >= 15 is 0 Å². The molecule has 1 amide bonds. The number of aryl methyl sites for hydroxylation is 1. The maximum Gasteiger partial charge on any atom is 0.272 e. The molecule has 1 heterocycles. The highest BCUT2D eigenvalue weighted by molar-refractivity contribution is 5.77. The lowest BCUT2D eigenvalue weighted by Gasteiger charge is -2.33. The van der Waals surface area contributed by atoms with E-state index in [0.717, 1.165) is 32.7 Å². The van der Waals surface area contributed by atoms with E-state index in [0.29, 0.717) is 23.2 Å². The van der Waals surface area contributed by atoms with Crippen LogP contribution in [0.4, 0.5) is 11.4 Å². The summed E-state index contributed by atoms with van der Waals surface area (Å²) in [6, 6.07) is 15.2. The van der Waals surface area contributed by atoms with Crippen LogP contribution in [0.1, 0.15) is 17.5 Å². The Morgan fingerprint density at radius 2 is 1.87 bits per heavy atom. The quantitative estimate of drug-likeness (QED) is 0.451. The first-order valence-electron chi connectivity index (χ1n) is 10.1. The molecule has 1 aliphatic heterocycles. The van der Waals surface area contributed by atoms with Crippen molar-refractivity contribution < 1.29 is 14.6 Å². The molecule has 0 unspecified atom stereocenters. The fourth-order valence-electron chi connectivity index (χ4n) is 3.53. The number of benzene rings is 2. The smallest absolute Gasteiger partial charge is 0.272 e. The SMILES string of the molecule is C=C(NNC(=O)CC[NH+]1CCN(c2ccccc2)CC1)c1ccc(C)c([N+](=O)[O-])c1. The lowest BCUT2D eigenvalue weighted by molar-refractivity contribution is -0.900. The zero-order valence-electron chi connectivity index (χ0n) is 17.2. The summed E-state index contributed by atoms with van der Waals surface area (Å²) in [4.78, 5) is 26.6. The van der Waals surface area contributed by atoms with Gasteiger partial charge in [-0.25, -0.2) is 0 Å². The van der Waals surface area contributed by atoms with Gasteiger partial charge < -0.3 is 9.80 Å². The third kappa shape index (κ3) is 5.57. The number of nitro groups is 1. The second-order valence-corrected chi connectivity index (χ2v) is 7.48. The van der Waals surface area contributed by atoms with Crippen molar-refractivity contribution in [2.24, 2.45) is 0 Å². The highest BCUT2D eigenvalue weighted by atomic mass is 16.6. The summed E-state index contributed by atoms with van der Waals surface area (Å²) in [6.45, 7) is 10.2. The number of hydrogen-bond acceptors (Lipinski definition) is 5. The van der Waals surface area contributed by atoms with Crippen molar-refractivity contribution in [3.8, 4) is 0 Å². The van der Waals surface area contributed by atoms with E-state index in [-0.39, 0.29) is 11.6 Å². The van der Waals surface area contributed by atoms with E-state index < -0.39 is 4.92 Å². The molecule has 8 nitrogen and oxygen atoms in total. The van der Waals surface area contributed by atoms with Gasteiger partial charge in [-0.2, -0.15) is 0 Å². The van der Waals surface area contributed by atoms with Crippen LogP contribution in [-0.4, -0.2) is 43.6 Å². The molecule has 1 aliphatic rings. The molecule has 0 radical (unpaired) electrons. The number of piperazine rings is 1. The maximum atomic E-state index is 12.2. The summed E-state index contributed by atoms with van der Waals surface area (Å²) in [6.07, 6.45) is 0.398. The van der Waals surface area contributed by atoms with Gasteiger partial charge in [0.2, 0.25) is 5.91 Å². The van der Waals surface area contributed by atoms with Crippen molar-refractivity contribution >= 4 is 23.0 Å². The van der Waals surface area contributed by atoms with E-state index in [1.165, 1.54) is 16.7 Å². The predicted molar refractivity (Wildman–Crippen MR) is 117 cm³/mol. The molecule has 1 saturated heterocycles. The molecule has 3 N–H and O–H groups in total. The fraction of sp³-hybridized carbons (Fsp3) is 0.318. The summed E-state index contributed by atoms with van der Waals surface area (Å²) < 4.78 is 0. The average Bonchev–Trinajstić information content (AvgIpc) is 2.77. The number of rotatable bonds is 8. The highest BCUT2D eigenvalue weighted by Gasteiger charge is 2.20. The summed E-state index contributed by atoms with van der Waals surface area (Å²) in [5.41, 5.74) is 8.23. The van der Waals surface area contributed by atoms with Crippen LogP contribution in [0.25, 0.3) is 5.70 Å². The van der Waals surface area contributed by atoms with Crippen LogP contribution in [0.2, 0.25) is 0 Å². The van der Waals surface area contributed by atoms with E-state index in [1.807, 2.05) is 6.07 Å². The Bertz CT molecular complexity index is 908. The van der Waals surface area contributed by atoms with E-state index in [9.17, 15) is 14.9 Å². The van der Waals surface area contributed by atoms with Crippen LogP contribution in [-0.2, 0) is 4.79 Å². The number of amides is 1. The van der Waals surface area contributed by atoms with Gasteiger partial charge in [0.05, 0.1) is 49.8 Å². The number of quaternary nitrogens is 1. The van der Waals surface area contributed by atoms with Gasteiger partial charge in [0, 0.05) is 22.9 Å². The van der Waals surface area contributed by atoms with Gasteiger partial charge in [-0.15, -0.1) is 0 Å². The largest absolute Gasteiger partial charge is 0.360 e. The third-order valence-corrected chi connectivity index (χ3v) is 5.40. The molecule has 0 atom stereocenters. The number of nitrogens with one attached hydrogen (secondary N) is 3. The zero-order valence-corrected chi connectivity index (χ0v) is 17.2. The molecular weight excluding hydrogens is 382 g/mol. The van der Waals surface area contributed by atoms with Crippen LogP contribution in [0.3, 0.4) is 0 Å². The standard InChI is InChI=1S/C22H27N5O3/c1-17-8-9-19(16-21(17)27(29)30)18(2)23-24-22(28)10-11-25-12-14-26(15-13-25)20-6-4-3-5-7-20/h3-9,16,23H,2,10-15H2,1H3,(H,24,28)/p+1. The number of nitrogens with zero attached hydrogens (tertiary/aromatic N) is 2. The Kier molecular flexibility index (Phi) is 7.03. The van der Waals surface area contributed by atoms with Crippen LogP contribution in [0, 0.1) is 17.0 Å². The first-order chi connectivity index (χ1) is 14.4. The van der Waals surface area contributed by atoms with E-state index in [4.69, 9.17) is 0 Å². The van der Waals surface area contributed by atoms with E-state index in [2.05, 4.69) is 46.6 Å². The minimum Gasteiger partial charge on any atom is -0.360 e. The molecule has 30 heavy (non-hydrogen) atoms. The molecule has 0 spiro atoms. The van der Waals surface area contributed by atoms with Crippen molar-refractivity contribution in [1.82, 2.24) is 10.9 Å². The summed E-state index contributed by atoms with van der Waals surface area (Å²) in [5, 5.41) is 11.1. The first kappa shape index (κ1) is 21.3. The Hall–Kier alpha value is -3.39. The van der Waals surface area contributed by atoms with Crippen molar-refractivity contribution in [3.63, 3.8) is 0 Å². The highest BCUT2D eigenvalue weighted by Crippen LogP contribution is 2.21. The van der Waals surface area contributed by atoms with Gasteiger partial charge in [0.15, 0.2) is 0 Å². The van der Waals surface area contributed by atoms with Crippen molar-refractivity contribution in [2.45, 2.75) is 13.3 Å². The number of para-hydroxylation sites is 1. The molecule has 1 fully saturated rings. The minimum absolute atomic E-state index is 0.0278. The number of nitro benzene ring substituents is 1. The second-order valence-electron chi connectivity index (χ2n) is 7.48. The molecule has 2 aromatic rings. The predicted octanol–water partition coefficient (Wildman–Crippen LogP) is 1.29. The third-order valence-electron chi connectivity index (χ3n) is 5.40. The molecule has 0 aromatic heterocycles. The molecule has 0 saturated carbocycles. The van der Waals surface area contributed by atoms with Gasteiger partial charge in [-0.3, -0.25) is 25.8 Å². The first-order valence-corrected chi connectivity index (χ1v) is 10.1.